The second-order valence-electron chi connectivity index (χ2n) is 7.39. The molecule has 1 atom stereocenters. The minimum Gasteiger partial charge on any atom is -0.493 e. The summed E-state index contributed by atoms with van der Waals surface area (Å²) >= 11 is 0. The third-order valence-electron chi connectivity index (χ3n) is 5.01. The molecule has 0 fully saturated rings. The van der Waals surface area contributed by atoms with Gasteiger partial charge in [0.1, 0.15) is 12.4 Å². The fourth-order valence-corrected chi connectivity index (χ4v) is 3.21. The average molecular weight is 405 g/mol. The quantitative estimate of drug-likeness (QED) is 0.513. The summed E-state index contributed by atoms with van der Waals surface area (Å²) in [5, 5.41) is 9.37. The zero-order valence-corrected chi connectivity index (χ0v) is 17.6. The van der Waals surface area contributed by atoms with Crippen LogP contribution in [0.2, 0.25) is 0 Å². The number of carbonyl (C=O) groups is 1. The Bertz CT molecular complexity index is 997. The first-order valence-electron chi connectivity index (χ1n) is 10.0. The van der Waals surface area contributed by atoms with Crippen LogP contribution in [-0.2, 0) is 6.61 Å². The highest BCUT2D eigenvalue weighted by atomic mass is 16.5. The van der Waals surface area contributed by atoms with Crippen LogP contribution in [0.25, 0.3) is 11.1 Å². The van der Waals surface area contributed by atoms with E-state index in [9.17, 15) is 9.90 Å². The molecular formula is C25H27NO4. The number of nitrogens with zero attached hydrogens (tertiary/aromatic N) is 1. The molecule has 156 valence electrons. The van der Waals surface area contributed by atoms with Crippen LogP contribution in [-0.4, -0.2) is 29.1 Å². The molecule has 5 nitrogen and oxygen atoms in total. The first kappa shape index (κ1) is 21.5. The lowest BCUT2D eigenvalue weighted by Gasteiger charge is -2.15. The summed E-state index contributed by atoms with van der Waals surface area (Å²) in [6.07, 6.45) is 2.50. The van der Waals surface area contributed by atoms with Gasteiger partial charge in [-0.2, -0.15) is 0 Å². The van der Waals surface area contributed by atoms with Crippen LogP contribution in [0, 0.1) is 13.8 Å². The Morgan fingerprint density at radius 1 is 1.07 bits per heavy atom. The van der Waals surface area contributed by atoms with Crippen molar-refractivity contribution in [1.29, 1.82) is 0 Å². The molecule has 2 aromatic carbocycles. The third-order valence-corrected chi connectivity index (χ3v) is 5.01. The van der Waals surface area contributed by atoms with Gasteiger partial charge in [-0.05, 0) is 66.8 Å². The molecule has 0 aliphatic carbocycles. The fraction of sp³-hybridized carbons (Fsp3) is 0.280. The average Bonchev–Trinajstić information content (AvgIpc) is 2.74. The molecule has 0 bridgehead atoms. The first-order chi connectivity index (χ1) is 14.5. The number of ether oxygens (including phenoxy) is 2. The maximum Gasteiger partial charge on any atom is 0.213 e. The highest BCUT2D eigenvalue weighted by Gasteiger charge is 2.10. The molecule has 0 radical (unpaired) electrons. The van der Waals surface area contributed by atoms with Crippen molar-refractivity contribution in [3.8, 4) is 22.8 Å². The lowest BCUT2D eigenvalue weighted by molar-refractivity contribution is 0.112. The van der Waals surface area contributed by atoms with Crippen molar-refractivity contribution in [3.63, 3.8) is 0 Å². The van der Waals surface area contributed by atoms with Gasteiger partial charge < -0.3 is 14.6 Å². The predicted molar refractivity (Wildman–Crippen MR) is 117 cm³/mol. The van der Waals surface area contributed by atoms with E-state index in [0.717, 1.165) is 39.9 Å². The van der Waals surface area contributed by atoms with E-state index in [-0.39, 0.29) is 6.10 Å². The van der Waals surface area contributed by atoms with Gasteiger partial charge in [-0.1, -0.05) is 24.3 Å². The number of aliphatic hydroxyl groups is 1. The minimum atomic E-state index is -0.365. The molecule has 0 amide bonds. The van der Waals surface area contributed by atoms with Crippen LogP contribution < -0.4 is 9.47 Å². The molecule has 0 saturated heterocycles. The number of carbonyl (C=O) groups excluding carboxylic acids is 1. The number of aryl methyl sites for hydroxylation is 1. The molecule has 0 unspecified atom stereocenters. The number of benzene rings is 2. The summed E-state index contributed by atoms with van der Waals surface area (Å²) in [7, 11) is 0. The molecule has 1 heterocycles. The number of rotatable bonds is 9. The Morgan fingerprint density at radius 2 is 1.90 bits per heavy atom. The van der Waals surface area contributed by atoms with Gasteiger partial charge in [0.15, 0.2) is 6.29 Å². The van der Waals surface area contributed by atoms with Crippen molar-refractivity contribution >= 4 is 6.29 Å². The summed E-state index contributed by atoms with van der Waals surface area (Å²) in [6.45, 7) is 6.80. The minimum absolute atomic E-state index is 0.365. The van der Waals surface area contributed by atoms with Crippen molar-refractivity contribution in [2.24, 2.45) is 0 Å². The van der Waals surface area contributed by atoms with Crippen molar-refractivity contribution in [3.05, 3.63) is 77.0 Å². The smallest absolute Gasteiger partial charge is 0.213 e. The number of aldehydes is 1. The number of hydrogen-bond donors (Lipinski definition) is 1. The Labute approximate surface area is 177 Å². The topological polar surface area (TPSA) is 68.7 Å². The van der Waals surface area contributed by atoms with Crippen LogP contribution in [0.5, 0.6) is 11.6 Å². The predicted octanol–water partition coefficient (Wildman–Crippen LogP) is 4.91. The highest BCUT2D eigenvalue weighted by molar-refractivity contribution is 5.74. The SMILES string of the molecule is Cc1cc(OCC[C@@H](C)O)ccc1-c1cccc(COc2ccc(C=O)cn2)c1C. The van der Waals surface area contributed by atoms with Gasteiger partial charge in [0, 0.05) is 24.2 Å². The second kappa shape index (κ2) is 10.0. The van der Waals surface area contributed by atoms with E-state index >= 15 is 0 Å². The molecule has 3 aromatic rings. The van der Waals surface area contributed by atoms with Crippen LogP contribution in [0.1, 0.15) is 40.4 Å². The summed E-state index contributed by atoms with van der Waals surface area (Å²) < 4.78 is 11.5. The monoisotopic (exact) mass is 405 g/mol. The normalized spacial score (nSPS) is 11.7. The van der Waals surface area contributed by atoms with Gasteiger partial charge >= 0.3 is 0 Å². The van der Waals surface area contributed by atoms with Gasteiger partial charge in [0.05, 0.1) is 12.7 Å². The van der Waals surface area contributed by atoms with Crippen LogP contribution >= 0.6 is 0 Å². The molecule has 0 saturated carbocycles. The number of pyridine rings is 1. The zero-order valence-electron chi connectivity index (χ0n) is 17.6. The standard InChI is InChI=1S/C25H27NO4/c1-17-13-22(29-12-11-18(2)28)8-9-23(17)24-6-4-5-21(19(24)3)16-30-25-10-7-20(15-27)14-26-25/h4-10,13-15,18,28H,11-12,16H2,1-3H3/t18-/m1/s1. The van der Waals surface area contributed by atoms with Gasteiger partial charge in [-0.3, -0.25) is 4.79 Å². The van der Waals surface area contributed by atoms with Crippen LogP contribution in [0.4, 0.5) is 0 Å². The van der Waals surface area contributed by atoms with E-state index in [1.54, 1.807) is 19.1 Å². The third kappa shape index (κ3) is 5.45. The van der Waals surface area contributed by atoms with Gasteiger partial charge in [0.25, 0.3) is 0 Å². The number of hydrogen-bond acceptors (Lipinski definition) is 5. The van der Waals surface area contributed by atoms with E-state index in [1.807, 2.05) is 24.3 Å². The van der Waals surface area contributed by atoms with Crippen LogP contribution in [0.15, 0.2) is 54.7 Å². The molecule has 0 spiro atoms. The first-order valence-corrected chi connectivity index (χ1v) is 10.0. The summed E-state index contributed by atoms with van der Waals surface area (Å²) in [4.78, 5) is 14.9. The maximum atomic E-state index is 10.7. The molecule has 1 N–H and O–H groups in total. The molecule has 1 aromatic heterocycles. The van der Waals surface area contributed by atoms with Crippen molar-refractivity contribution in [2.45, 2.75) is 39.9 Å². The van der Waals surface area contributed by atoms with E-state index in [0.29, 0.717) is 31.1 Å². The zero-order chi connectivity index (χ0) is 21.5. The second-order valence-corrected chi connectivity index (χ2v) is 7.39. The summed E-state index contributed by atoms with van der Waals surface area (Å²) in [5.41, 5.74) is 6.16. The molecule has 3 rings (SSSR count). The Hall–Kier alpha value is -3.18. The lowest BCUT2D eigenvalue weighted by atomic mass is 9.94. The largest absolute Gasteiger partial charge is 0.493 e. The fourth-order valence-electron chi connectivity index (χ4n) is 3.21. The maximum absolute atomic E-state index is 10.7. The summed E-state index contributed by atoms with van der Waals surface area (Å²) in [6, 6.07) is 15.6. The van der Waals surface area contributed by atoms with E-state index < -0.39 is 0 Å². The van der Waals surface area contributed by atoms with E-state index in [2.05, 4.69) is 31.0 Å². The summed E-state index contributed by atoms with van der Waals surface area (Å²) in [5.74, 6) is 1.29. The van der Waals surface area contributed by atoms with Crippen LogP contribution in [0.3, 0.4) is 0 Å². The van der Waals surface area contributed by atoms with Crippen molar-refractivity contribution in [2.75, 3.05) is 6.61 Å². The van der Waals surface area contributed by atoms with E-state index in [4.69, 9.17) is 9.47 Å². The van der Waals surface area contributed by atoms with E-state index in [1.165, 1.54) is 6.20 Å². The van der Waals surface area contributed by atoms with Gasteiger partial charge in [-0.25, -0.2) is 4.98 Å². The Balaban J connectivity index is 1.74. The molecule has 0 aliphatic rings. The van der Waals surface area contributed by atoms with Crippen molar-refractivity contribution < 1.29 is 19.4 Å². The Morgan fingerprint density at radius 3 is 2.57 bits per heavy atom. The van der Waals surface area contributed by atoms with Gasteiger partial charge in [-0.15, -0.1) is 0 Å². The number of aromatic nitrogens is 1. The molecular weight excluding hydrogens is 378 g/mol. The van der Waals surface area contributed by atoms with Crippen molar-refractivity contribution in [1.82, 2.24) is 4.98 Å². The molecule has 30 heavy (non-hydrogen) atoms. The lowest BCUT2D eigenvalue weighted by Crippen LogP contribution is -2.07. The molecule has 5 heteroatoms. The highest BCUT2D eigenvalue weighted by Crippen LogP contribution is 2.31. The number of aliphatic hydroxyl groups excluding tert-OH is 1. The van der Waals surface area contributed by atoms with Gasteiger partial charge in [0.2, 0.25) is 5.88 Å². The Kier molecular flexibility index (Phi) is 7.20. The molecule has 0 aliphatic heterocycles.